The van der Waals surface area contributed by atoms with E-state index in [1.54, 1.807) is 11.3 Å². The first-order valence-electron chi connectivity index (χ1n) is 5.04. The Balaban J connectivity index is 2.06. The fraction of sp³-hybridized carbons (Fsp3) is 0.600. The van der Waals surface area contributed by atoms with Gasteiger partial charge in [-0.25, -0.2) is 4.98 Å². The van der Waals surface area contributed by atoms with Gasteiger partial charge >= 0.3 is 0 Å². The fourth-order valence-corrected chi connectivity index (χ4v) is 3.05. The van der Waals surface area contributed by atoms with Crippen molar-refractivity contribution in [2.45, 2.75) is 31.6 Å². The van der Waals surface area contributed by atoms with Crippen LogP contribution in [0.2, 0.25) is 0 Å². The maximum Gasteiger partial charge on any atom is 0.263 e. The first kappa shape index (κ1) is 8.41. The zero-order chi connectivity index (χ0) is 9.71. The predicted molar refractivity (Wildman–Crippen MR) is 54.8 cm³/mol. The number of carbonyl (C=O) groups is 1. The Morgan fingerprint density at radius 1 is 1.50 bits per heavy atom. The number of nitrogens with one attached hydrogen (secondary N) is 1. The summed E-state index contributed by atoms with van der Waals surface area (Å²) in [6.45, 7) is 2.86. The number of nitrogens with zero attached hydrogens (tertiary/aromatic N) is 1. The fourth-order valence-electron chi connectivity index (χ4n) is 1.77. The molecule has 2 aliphatic rings. The molecule has 4 heteroatoms. The normalized spacial score (nSPS) is 25.8. The minimum absolute atomic E-state index is 0.0718. The molecule has 14 heavy (non-hydrogen) atoms. The van der Waals surface area contributed by atoms with Gasteiger partial charge in [-0.2, -0.15) is 0 Å². The molecule has 0 saturated heterocycles. The number of amides is 1. The molecule has 1 N–H and O–H groups in total. The maximum atomic E-state index is 11.5. The lowest BCUT2D eigenvalue weighted by atomic mass is 10.0. The Labute approximate surface area is 86.5 Å². The third kappa shape index (κ3) is 1.17. The van der Waals surface area contributed by atoms with Gasteiger partial charge in [0, 0.05) is 18.4 Å². The summed E-state index contributed by atoms with van der Waals surface area (Å²) in [5, 5.41) is 4.07. The number of rotatable bonds is 1. The van der Waals surface area contributed by atoms with Gasteiger partial charge in [0.25, 0.3) is 5.91 Å². The number of fused-ring (bicyclic) bond motifs is 1. The van der Waals surface area contributed by atoms with Crippen molar-refractivity contribution in [2.24, 2.45) is 0 Å². The van der Waals surface area contributed by atoms with Gasteiger partial charge in [-0.15, -0.1) is 11.3 Å². The second-order valence-electron chi connectivity index (χ2n) is 4.15. The number of hydrogen-bond donors (Lipinski definition) is 1. The van der Waals surface area contributed by atoms with Gasteiger partial charge in [-0.3, -0.25) is 4.79 Å². The Hall–Kier alpha value is -0.900. The third-order valence-corrected chi connectivity index (χ3v) is 4.07. The third-order valence-electron chi connectivity index (χ3n) is 2.84. The lowest BCUT2D eigenvalue weighted by Crippen LogP contribution is -2.33. The Morgan fingerprint density at radius 2 is 2.29 bits per heavy atom. The van der Waals surface area contributed by atoms with Crippen LogP contribution in [0, 0.1) is 0 Å². The van der Waals surface area contributed by atoms with Crippen LogP contribution in [0.25, 0.3) is 0 Å². The SMILES string of the molecule is C[C@@H]1CNC(=O)c2sc(C3CC3)nc21. The van der Waals surface area contributed by atoms with E-state index in [2.05, 4.69) is 17.2 Å². The van der Waals surface area contributed by atoms with E-state index in [9.17, 15) is 4.79 Å². The van der Waals surface area contributed by atoms with Crippen LogP contribution in [0.15, 0.2) is 0 Å². The van der Waals surface area contributed by atoms with Gasteiger partial charge in [-0.05, 0) is 12.8 Å². The zero-order valence-electron chi connectivity index (χ0n) is 8.04. The Morgan fingerprint density at radius 3 is 2.93 bits per heavy atom. The second-order valence-corrected chi connectivity index (χ2v) is 5.18. The highest BCUT2D eigenvalue weighted by atomic mass is 32.1. The summed E-state index contributed by atoms with van der Waals surface area (Å²) in [5.41, 5.74) is 1.03. The van der Waals surface area contributed by atoms with E-state index >= 15 is 0 Å². The largest absolute Gasteiger partial charge is 0.351 e. The molecule has 3 rings (SSSR count). The van der Waals surface area contributed by atoms with Crippen LogP contribution in [0.3, 0.4) is 0 Å². The van der Waals surface area contributed by atoms with E-state index in [-0.39, 0.29) is 5.91 Å². The van der Waals surface area contributed by atoms with Gasteiger partial charge in [0.2, 0.25) is 0 Å². The average Bonchev–Trinajstić information content (AvgIpc) is 2.92. The molecule has 0 spiro atoms. The summed E-state index contributed by atoms with van der Waals surface area (Å²) in [5.74, 6) is 1.11. The van der Waals surface area contributed by atoms with E-state index in [1.165, 1.54) is 17.8 Å². The lowest BCUT2D eigenvalue weighted by molar-refractivity contribution is 0.0945. The molecule has 1 saturated carbocycles. The monoisotopic (exact) mass is 208 g/mol. The molecule has 1 aliphatic carbocycles. The van der Waals surface area contributed by atoms with Crippen LogP contribution in [-0.4, -0.2) is 17.4 Å². The lowest BCUT2D eigenvalue weighted by Gasteiger charge is -2.17. The highest BCUT2D eigenvalue weighted by Gasteiger charge is 2.32. The molecule has 1 atom stereocenters. The average molecular weight is 208 g/mol. The Kier molecular flexibility index (Phi) is 1.68. The number of thiazole rings is 1. The van der Waals surface area contributed by atoms with Gasteiger partial charge < -0.3 is 5.32 Å². The molecule has 1 amide bonds. The first-order chi connectivity index (χ1) is 6.75. The number of aromatic nitrogens is 1. The summed E-state index contributed by atoms with van der Waals surface area (Å²) in [7, 11) is 0. The van der Waals surface area contributed by atoms with Crippen LogP contribution in [0.1, 0.15) is 52.0 Å². The molecule has 0 aromatic carbocycles. The predicted octanol–water partition coefficient (Wildman–Crippen LogP) is 1.87. The van der Waals surface area contributed by atoms with Crippen molar-refractivity contribution in [3.05, 3.63) is 15.6 Å². The van der Waals surface area contributed by atoms with Crippen molar-refractivity contribution >= 4 is 17.2 Å². The molecule has 0 bridgehead atoms. The highest BCUT2D eigenvalue weighted by Crippen LogP contribution is 2.43. The summed E-state index contributed by atoms with van der Waals surface area (Å²) >= 11 is 1.59. The van der Waals surface area contributed by atoms with E-state index < -0.39 is 0 Å². The molecule has 1 aliphatic heterocycles. The van der Waals surface area contributed by atoms with E-state index in [0.717, 1.165) is 17.1 Å². The topological polar surface area (TPSA) is 42.0 Å². The van der Waals surface area contributed by atoms with Gasteiger partial charge in [0.1, 0.15) is 4.88 Å². The van der Waals surface area contributed by atoms with Crippen molar-refractivity contribution in [1.29, 1.82) is 0 Å². The first-order valence-corrected chi connectivity index (χ1v) is 5.86. The molecule has 1 fully saturated rings. The minimum atomic E-state index is 0.0718. The van der Waals surface area contributed by atoms with Crippen molar-refractivity contribution in [1.82, 2.24) is 10.3 Å². The second kappa shape index (κ2) is 2.79. The number of hydrogen-bond acceptors (Lipinski definition) is 3. The molecule has 1 aromatic heterocycles. The van der Waals surface area contributed by atoms with E-state index in [1.807, 2.05) is 0 Å². The number of carbonyl (C=O) groups excluding carboxylic acids is 1. The van der Waals surface area contributed by atoms with Gasteiger partial charge in [0.15, 0.2) is 0 Å². The summed E-state index contributed by atoms with van der Waals surface area (Å²) in [6, 6.07) is 0. The maximum absolute atomic E-state index is 11.5. The van der Waals surface area contributed by atoms with Gasteiger partial charge in [0.05, 0.1) is 10.7 Å². The molecular formula is C10H12N2OS. The molecule has 1 aromatic rings. The van der Waals surface area contributed by atoms with Crippen molar-refractivity contribution < 1.29 is 4.79 Å². The van der Waals surface area contributed by atoms with Crippen molar-refractivity contribution in [3.63, 3.8) is 0 Å². The smallest absolute Gasteiger partial charge is 0.263 e. The van der Waals surface area contributed by atoms with Crippen molar-refractivity contribution in [2.75, 3.05) is 6.54 Å². The van der Waals surface area contributed by atoms with Gasteiger partial charge in [-0.1, -0.05) is 6.92 Å². The summed E-state index contributed by atoms with van der Waals surface area (Å²) in [6.07, 6.45) is 2.50. The molecule has 0 unspecified atom stereocenters. The minimum Gasteiger partial charge on any atom is -0.351 e. The zero-order valence-corrected chi connectivity index (χ0v) is 8.86. The summed E-state index contributed by atoms with van der Waals surface area (Å²) in [4.78, 5) is 17.0. The van der Waals surface area contributed by atoms with Crippen LogP contribution in [-0.2, 0) is 0 Å². The standard InChI is InChI=1S/C10H12N2OS/c1-5-4-11-9(13)8-7(5)12-10(14-8)6-2-3-6/h5-6H,2-4H2,1H3,(H,11,13)/t5-/m1/s1. The molecule has 74 valence electrons. The highest BCUT2D eigenvalue weighted by molar-refractivity contribution is 7.14. The molecule has 0 radical (unpaired) electrons. The van der Waals surface area contributed by atoms with E-state index in [0.29, 0.717) is 11.8 Å². The van der Waals surface area contributed by atoms with Crippen molar-refractivity contribution in [3.8, 4) is 0 Å². The molecule has 3 nitrogen and oxygen atoms in total. The van der Waals surface area contributed by atoms with Crippen LogP contribution < -0.4 is 5.32 Å². The van der Waals surface area contributed by atoms with E-state index in [4.69, 9.17) is 0 Å². The quantitative estimate of drug-likeness (QED) is 0.765. The summed E-state index contributed by atoms with van der Waals surface area (Å²) < 4.78 is 0. The van der Waals surface area contributed by atoms with Crippen LogP contribution in [0.4, 0.5) is 0 Å². The van der Waals surface area contributed by atoms with Crippen LogP contribution >= 0.6 is 11.3 Å². The van der Waals surface area contributed by atoms with Crippen LogP contribution in [0.5, 0.6) is 0 Å². The molecule has 2 heterocycles. The molecular weight excluding hydrogens is 196 g/mol. The Bertz CT molecular complexity index is 395.